The average molecular weight is 471 g/mol. The van der Waals surface area contributed by atoms with Gasteiger partial charge in [0, 0.05) is 8.22 Å². The molecule has 0 aromatic heterocycles. The molecule has 1 rings (SSSR count). The molecule has 1 aliphatic rings. The minimum Gasteiger partial charge on any atom is -0.480 e. The maximum absolute atomic E-state index is 12.9. The highest BCUT2D eigenvalue weighted by atomic mass is 16.6. The van der Waals surface area contributed by atoms with Crippen molar-refractivity contribution in [3.63, 3.8) is 0 Å². The number of hydrogen-bond donors (Lipinski definition) is 5. The molecule has 0 bridgehead atoms. The van der Waals surface area contributed by atoms with Crippen molar-refractivity contribution in [3.05, 3.63) is 0 Å². The van der Waals surface area contributed by atoms with Gasteiger partial charge in [-0.1, -0.05) is 45.8 Å². The van der Waals surface area contributed by atoms with Crippen molar-refractivity contribution < 1.29 is 42.7 Å². The van der Waals surface area contributed by atoms with Crippen LogP contribution in [0.4, 0.5) is 4.79 Å². The second kappa shape index (κ2) is 13.0. The summed E-state index contributed by atoms with van der Waals surface area (Å²) < 4.78 is 54.6. The number of nitrogens with one attached hydrogen (secondary N) is 2. The van der Waals surface area contributed by atoms with Crippen molar-refractivity contribution in [2.75, 3.05) is 0 Å². The Kier molecular flexibility index (Phi) is 7.95. The molecule has 0 saturated heterocycles. The van der Waals surface area contributed by atoms with Crippen LogP contribution in [0.2, 0.25) is 0 Å². The lowest BCUT2D eigenvalue weighted by atomic mass is 9.82. The second-order valence-corrected chi connectivity index (χ2v) is 9.29. The lowest BCUT2D eigenvalue weighted by Crippen LogP contribution is -2.52. The number of alkyl carbamates (subject to hydrolysis) is 1. The first-order chi connectivity index (χ1) is 17.2. The number of ether oxygens (including phenoxy) is 1. The molecule has 1 saturated carbocycles. The third-order valence-corrected chi connectivity index (χ3v) is 4.54. The zero-order valence-electron chi connectivity index (χ0n) is 25.4. The van der Waals surface area contributed by atoms with Crippen LogP contribution in [-0.4, -0.2) is 63.2 Å². The predicted molar refractivity (Wildman–Crippen MR) is 120 cm³/mol. The van der Waals surface area contributed by atoms with Crippen molar-refractivity contribution in [1.29, 1.82) is 0 Å². The summed E-state index contributed by atoms with van der Waals surface area (Å²) in [6.45, 7) is 8.25. The second-order valence-electron chi connectivity index (χ2n) is 9.29. The largest absolute Gasteiger partial charge is 0.480 e. The molecule has 0 aliphatic heterocycles. The van der Waals surface area contributed by atoms with E-state index in [9.17, 15) is 29.7 Å². The quantitative estimate of drug-likeness (QED) is 0.312. The predicted octanol–water partition coefficient (Wildman–Crippen LogP) is 2.58. The zero-order valence-corrected chi connectivity index (χ0v) is 19.4. The normalized spacial score (nSPS) is 37.2. The van der Waals surface area contributed by atoms with Gasteiger partial charge < -0.3 is 30.7 Å². The Morgan fingerprint density at radius 1 is 1.12 bits per heavy atom. The van der Waals surface area contributed by atoms with Gasteiger partial charge in [-0.15, -0.1) is 0 Å². The van der Waals surface area contributed by atoms with E-state index < -0.39 is 98.6 Å². The Balaban J connectivity index is 3.19. The SMILES string of the molecule is [3H]C1C([3H])C([3H])C([3H])(C[C@H](NC(=O)C[C@H](NC(=O)OC(C)(C)C)C(=O)O)[C@@H](O)[C@@H](O)CC(C)C)C([3H])C1[3H]. The van der Waals surface area contributed by atoms with Crippen LogP contribution in [0.25, 0.3) is 0 Å². The number of aliphatic hydroxyl groups is 2. The molecule has 0 aromatic rings. The van der Waals surface area contributed by atoms with E-state index >= 15 is 0 Å². The van der Waals surface area contributed by atoms with Crippen LogP contribution in [0.1, 0.15) is 94.1 Å². The van der Waals surface area contributed by atoms with Crippen LogP contribution >= 0.6 is 0 Å². The lowest BCUT2D eigenvalue weighted by molar-refractivity contribution is -0.141. The fourth-order valence-corrected chi connectivity index (χ4v) is 3.12. The third-order valence-electron chi connectivity index (χ3n) is 4.54. The molecule has 9 nitrogen and oxygen atoms in total. The topological polar surface area (TPSA) is 145 Å². The highest BCUT2D eigenvalue weighted by Crippen LogP contribution is 2.29. The number of amides is 2. The van der Waals surface area contributed by atoms with Gasteiger partial charge in [-0.2, -0.15) is 0 Å². The Morgan fingerprint density at radius 3 is 2.22 bits per heavy atom. The van der Waals surface area contributed by atoms with Gasteiger partial charge in [0.2, 0.25) is 5.91 Å². The molecule has 1 fully saturated rings. The molecule has 2 amide bonds. The summed E-state index contributed by atoms with van der Waals surface area (Å²) in [5.41, 5.74) is -0.928. The molecule has 5 N–H and O–H groups in total. The van der Waals surface area contributed by atoms with Gasteiger partial charge in [-0.25, -0.2) is 9.59 Å². The number of carboxylic acids is 1. The zero-order chi connectivity index (χ0) is 29.7. The molecule has 9 heteroatoms. The van der Waals surface area contributed by atoms with E-state index in [1.807, 2.05) is 0 Å². The maximum atomic E-state index is 12.9. The number of aliphatic hydroxyl groups excluding tert-OH is 2. The summed E-state index contributed by atoms with van der Waals surface area (Å²) >= 11 is 0. The number of carboxylic acid groups (broad SMARTS) is 1. The number of rotatable bonds is 11. The van der Waals surface area contributed by atoms with Crippen LogP contribution in [0.5, 0.6) is 0 Å². The summed E-state index contributed by atoms with van der Waals surface area (Å²) in [6, 6.07) is -3.16. The van der Waals surface area contributed by atoms with E-state index in [-0.39, 0.29) is 12.3 Å². The summed E-state index contributed by atoms with van der Waals surface area (Å²) in [5.74, 6) is -4.74. The van der Waals surface area contributed by atoms with Gasteiger partial charge in [0.1, 0.15) is 17.7 Å². The molecule has 0 spiro atoms. The highest BCUT2D eigenvalue weighted by molar-refractivity contribution is 5.87. The van der Waals surface area contributed by atoms with Crippen LogP contribution in [-0.2, 0) is 14.3 Å². The Labute approximate surface area is 199 Å². The Hall–Kier alpha value is -1.87. The monoisotopic (exact) mass is 470 g/mol. The van der Waals surface area contributed by atoms with Crippen molar-refractivity contribution in [3.8, 4) is 0 Å². The summed E-state index contributed by atoms with van der Waals surface area (Å²) in [4.78, 5) is 36.5. The van der Waals surface area contributed by atoms with E-state index in [1.54, 1.807) is 34.6 Å². The van der Waals surface area contributed by atoms with Crippen LogP contribution < -0.4 is 10.6 Å². The highest BCUT2D eigenvalue weighted by Gasteiger charge is 2.33. The molecule has 8 atom stereocenters. The smallest absolute Gasteiger partial charge is 0.408 e. The van der Waals surface area contributed by atoms with E-state index in [2.05, 4.69) is 10.6 Å². The molecule has 32 heavy (non-hydrogen) atoms. The van der Waals surface area contributed by atoms with Crippen molar-refractivity contribution in [1.82, 2.24) is 10.6 Å². The van der Waals surface area contributed by atoms with Crippen LogP contribution in [0, 0.1) is 11.8 Å². The number of carbonyl (C=O) groups is 3. The minimum absolute atomic E-state index is 0.0720. The van der Waals surface area contributed by atoms with Gasteiger partial charge in [-0.3, -0.25) is 4.79 Å². The van der Waals surface area contributed by atoms with E-state index in [4.69, 9.17) is 13.0 Å². The third kappa shape index (κ3) is 11.1. The van der Waals surface area contributed by atoms with E-state index in [0.717, 1.165) is 0 Å². The summed E-state index contributed by atoms with van der Waals surface area (Å²) in [6.07, 6.45) is -13.1. The first-order valence-electron chi connectivity index (χ1n) is 14.1. The average Bonchev–Trinajstić information content (AvgIpc) is 2.77. The number of aliphatic carboxylic acids is 1. The fraction of sp³-hybridized carbons (Fsp3) is 0.870. The minimum atomic E-state index is -2.16. The molecule has 0 aromatic carbocycles. The van der Waals surface area contributed by atoms with Crippen LogP contribution in [0.3, 0.4) is 0 Å². The molecule has 0 radical (unpaired) electrons. The Morgan fingerprint density at radius 2 is 1.72 bits per heavy atom. The maximum Gasteiger partial charge on any atom is 0.408 e. The summed E-state index contributed by atoms with van der Waals surface area (Å²) in [5, 5.41) is 35.3. The van der Waals surface area contributed by atoms with Gasteiger partial charge in [0.15, 0.2) is 0 Å². The van der Waals surface area contributed by atoms with Gasteiger partial charge in [-0.05, 0) is 45.4 Å². The molecule has 4 unspecified atom stereocenters. The van der Waals surface area contributed by atoms with Gasteiger partial charge in [0.05, 0.1) is 18.6 Å². The first-order valence-corrected chi connectivity index (χ1v) is 10.7. The molecule has 1 aliphatic carbocycles. The van der Waals surface area contributed by atoms with E-state index in [1.165, 1.54) is 0 Å². The first kappa shape index (κ1) is 19.6. The summed E-state index contributed by atoms with van der Waals surface area (Å²) in [7, 11) is 0. The van der Waals surface area contributed by atoms with Crippen molar-refractivity contribution >= 4 is 18.0 Å². The molecular formula is C23H42N2O7. The number of hydrogen-bond acceptors (Lipinski definition) is 6. The number of carbonyl (C=O) groups excluding carboxylic acids is 2. The molecular weight excluding hydrogens is 416 g/mol. The fourth-order valence-electron chi connectivity index (χ4n) is 3.12. The van der Waals surface area contributed by atoms with Crippen molar-refractivity contribution in [2.45, 2.75) is 116 Å². The van der Waals surface area contributed by atoms with E-state index in [0.29, 0.717) is 0 Å². The standard InChI is InChI=1S/C23H42N2O7/c1-14(2)11-18(26)20(28)16(12-15-9-7-6-8-10-15)24-19(27)13-17(21(29)30)25-22(31)32-23(3,4)5/h14-18,20,26,28H,6-13H2,1-5H3,(H,24,27)(H,25,31)(H,29,30)/t16-,17-,18-,20+/m0/s1/i6T,7T,8T,9T,10T,15T/t6?,7?,8?,9?,10?,15?,16-,17-,18-,20+. The van der Waals surface area contributed by atoms with Gasteiger partial charge >= 0.3 is 12.1 Å². The molecule has 186 valence electrons. The van der Waals surface area contributed by atoms with Crippen LogP contribution in [0.15, 0.2) is 0 Å². The Bertz CT molecular complexity index is 815. The lowest BCUT2D eigenvalue weighted by Gasteiger charge is -2.33. The van der Waals surface area contributed by atoms with Crippen molar-refractivity contribution in [2.24, 2.45) is 11.8 Å². The molecule has 0 heterocycles. The van der Waals surface area contributed by atoms with Gasteiger partial charge in [0.25, 0.3) is 0 Å².